The highest BCUT2D eigenvalue weighted by Crippen LogP contribution is 2.66. The molecule has 0 spiro atoms. The van der Waals surface area contributed by atoms with Crippen LogP contribution in [0.25, 0.3) is 0 Å². The molecule has 24 heteroatoms. The van der Waals surface area contributed by atoms with Gasteiger partial charge in [-0.3, -0.25) is 0 Å². The molecule has 234 valence electrons. The molecule has 0 aliphatic carbocycles. The van der Waals surface area contributed by atoms with E-state index in [-0.39, 0.29) is 0 Å². The van der Waals surface area contributed by atoms with Gasteiger partial charge in [-0.15, -0.1) is 0 Å². The molecule has 0 rings (SSSR count). The van der Waals surface area contributed by atoms with Crippen LogP contribution in [-0.4, -0.2) is 86.8 Å². The van der Waals surface area contributed by atoms with Gasteiger partial charge < -0.3 is 15.3 Å². The maximum Gasteiger partial charge on any atom is 0.385 e. The van der Waals surface area contributed by atoms with Gasteiger partial charge in [0, 0.05) is 13.0 Å². The van der Waals surface area contributed by atoms with Gasteiger partial charge in [0.05, 0.1) is 0 Å². The van der Waals surface area contributed by atoms with E-state index in [1.807, 2.05) is 0 Å². The van der Waals surface area contributed by atoms with E-state index in [1.165, 1.54) is 0 Å². The lowest BCUT2D eigenvalue weighted by Gasteiger charge is -2.45. The summed E-state index contributed by atoms with van der Waals surface area (Å²) >= 11 is 0. The molecular formula is C15H10F20O4. The van der Waals surface area contributed by atoms with Crippen LogP contribution in [-0.2, 0) is 4.79 Å². The molecule has 0 saturated heterocycles. The van der Waals surface area contributed by atoms with Crippen molar-refractivity contribution in [3.05, 3.63) is 12.7 Å². The van der Waals surface area contributed by atoms with Crippen LogP contribution in [0.4, 0.5) is 87.8 Å². The van der Waals surface area contributed by atoms with Gasteiger partial charge >= 0.3 is 65.2 Å². The average Bonchev–Trinajstić information content (AvgIpc) is 2.71. The Balaban J connectivity index is 0. The number of carboxylic acid groups (broad SMARTS) is 1. The van der Waals surface area contributed by atoms with E-state index >= 15 is 0 Å². The van der Waals surface area contributed by atoms with Gasteiger partial charge in [-0.25, -0.2) is 4.79 Å². The lowest BCUT2D eigenvalue weighted by Crippen LogP contribution is -2.77. The Labute approximate surface area is 200 Å². The molecule has 0 aromatic rings. The van der Waals surface area contributed by atoms with Crippen molar-refractivity contribution < 1.29 is 108 Å². The highest BCUT2D eigenvalue weighted by atomic mass is 19.4. The molecule has 0 fully saturated rings. The van der Waals surface area contributed by atoms with Crippen molar-refractivity contribution in [2.24, 2.45) is 0 Å². The molecule has 0 heterocycles. The van der Waals surface area contributed by atoms with Gasteiger partial charge in [-0.2, -0.15) is 87.8 Å². The summed E-state index contributed by atoms with van der Waals surface area (Å²) in [6, 6.07) is 0. The molecule has 0 aromatic carbocycles. The lowest BCUT2D eigenvalue weighted by molar-refractivity contribution is -0.472. The molecule has 4 nitrogen and oxygen atoms in total. The zero-order valence-corrected chi connectivity index (χ0v) is 17.7. The summed E-state index contributed by atoms with van der Waals surface area (Å²) in [6.45, 7) is 1.56. The van der Waals surface area contributed by atoms with Gasteiger partial charge in [0.1, 0.15) is 0 Å². The van der Waals surface area contributed by atoms with E-state index in [1.54, 1.807) is 0 Å². The Morgan fingerprint density at radius 1 is 0.538 bits per heavy atom. The number of carbonyl (C=O) groups is 1. The molecule has 0 aliphatic rings. The van der Waals surface area contributed by atoms with Crippen molar-refractivity contribution in [2.45, 2.75) is 72.4 Å². The summed E-state index contributed by atoms with van der Waals surface area (Å²) in [5.74, 6) is -84.5. The monoisotopic (exact) mass is 634 g/mol. The minimum atomic E-state index is -9.13. The van der Waals surface area contributed by atoms with E-state index in [0.29, 0.717) is 0 Å². The number of aliphatic hydroxyl groups is 2. The van der Waals surface area contributed by atoms with Crippen molar-refractivity contribution >= 4 is 5.97 Å². The highest BCUT2D eigenvalue weighted by molar-refractivity contribution is 5.78. The third kappa shape index (κ3) is 5.40. The second-order valence-corrected chi connectivity index (χ2v) is 7.02. The van der Waals surface area contributed by atoms with Crippen LogP contribution in [0.15, 0.2) is 12.7 Å². The Bertz CT molecular complexity index is 888. The lowest BCUT2D eigenvalue weighted by atomic mass is 9.85. The molecule has 0 unspecified atom stereocenters. The number of rotatable bonds is 11. The van der Waals surface area contributed by atoms with E-state index in [2.05, 4.69) is 6.58 Å². The summed E-state index contributed by atoms with van der Waals surface area (Å²) in [7, 11) is 0. The first-order valence-electron chi connectivity index (χ1n) is 8.46. The molecule has 0 aromatic heterocycles. The van der Waals surface area contributed by atoms with Crippen LogP contribution in [0, 0.1) is 0 Å². The van der Waals surface area contributed by atoms with E-state index in [4.69, 9.17) is 15.3 Å². The quantitative estimate of drug-likeness (QED) is 0.150. The van der Waals surface area contributed by atoms with Gasteiger partial charge in [0.15, 0.2) is 0 Å². The van der Waals surface area contributed by atoms with Crippen LogP contribution in [0.1, 0.15) is 6.92 Å². The molecule has 0 atom stereocenters. The fourth-order valence-electron chi connectivity index (χ4n) is 1.83. The number of halogens is 20. The zero-order chi connectivity index (χ0) is 32.9. The molecular weight excluding hydrogens is 624 g/mol. The maximum absolute atomic E-state index is 13.4. The average molecular weight is 634 g/mol. The summed E-state index contributed by atoms with van der Waals surface area (Å²) in [5, 5.41) is 23.3. The first-order chi connectivity index (χ1) is 16.5. The zero-order valence-electron chi connectivity index (χ0n) is 17.7. The summed E-state index contributed by atoms with van der Waals surface area (Å²) in [6.07, 6.45) is -4.32. The Kier molecular flexibility index (Phi) is 10.3. The summed E-state index contributed by atoms with van der Waals surface area (Å²) < 4.78 is 262. The number of hydrogen-bond acceptors (Lipinski definition) is 3. The second kappa shape index (κ2) is 10.3. The van der Waals surface area contributed by atoms with E-state index < -0.39 is 78.4 Å². The van der Waals surface area contributed by atoms with Crippen LogP contribution >= 0.6 is 0 Å². The third-order valence-electron chi connectivity index (χ3n) is 4.23. The number of aliphatic carboxylic acids is 1. The van der Waals surface area contributed by atoms with Crippen molar-refractivity contribution in [3.63, 3.8) is 0 Å². The van der Waals surface area contributed by atoms with Gasteiger partial charge in [-0.05, 0) is 0 Å². The fraction of sp³-hybridized carbons (Fsp3) is 0.800. The Hall–Kier alpha value is -2.27. The molecule has 0 amide bonds. The largest absolute Gasteiger partial charge is 0.478 e. The number of aliphatic hydroxyl groups excluding tert-OH is 1. The van der Waals surface area contributed by atoms with Gasteiger partial charge in [-0.1, -0.05) is 6.58 Å². The summed E-state index contributed by atoms with van der Waals surface area (Å²) in [5.41, 5.74) is 0. The van der Waals surface area contributed by atoms with Crippen molar-refractivity contribution in [3.8, 4) is 0 Å². The first-order valence-corrected chi connectivity index (χ1v) is 8.46. The topological polar surface area (TPSA) is 77.8 Å². The molecule has 0 radical (unpaired) electrons. The minimum absolute atomic E-state index is 0.833. The normalized spacial score (nSPS) is 15.6. The molecule has 39 heavy (non-hydrogen) atoms. The minimum Gasteiger partial charge on any atom is -0.478 e. The SMILES string of the molecule is C=CC(=O)O.CC(F)(F)C(F)(F)C(F)(F)C(F)(F)C(F)(F)C(F)(F)C(F)(F)C(F)(F)C(F)(F)C(F)(F)C(O)O. The second-order valence-electron chi connectivity index (χ2n) is 7.02. The Morgan fingerprint density at radius 2 is 0.718 bits per heavy atom. The van der Waals surface area contributed by atoms with Gasteiger partial charge in [0.25, 0.3) is 0 Å². The maximum atomic E-state index is 13.4. The summed E-state index contributed by atoms with van der Waals surface area (Å²) in [4.78, 5) is 9.25. The van der Waals surface area contributed by atoms with Crippen molar-refractivity contribution in [2.75, 3.05) is 0 Å². The van der Waals surface area contributed by atoms with Crippen molar-refractivity contribution in [1.29, 1.82) is 0 Å². The Morgan fingerprint density at radius 3 is 0.872 bits per heavy atom. The molecule has 0 aliphatic heterocycles. The van der Waals surface area contributed by atoms with E-state index in [9.17, 15) is 92.6 Å². The highest BCUT2D eigenvalue weighted by Gasteiger charge is 2.97. The molecule has 0 saturated carbocycles. The van der Waals surface area contributed by atoms with Crippen LogP contribution < -0.4 is 0 Å². The standard InChI is InChI=1S/C12H6F20O2.C3H4O2/c1-3(13,14)5(17,18)7(21,22)9(25,26)11(29,30)12(31,32)10(27,28)8(23,24)6(19,20)4(15,16)2(33)34;1-2-3(4)5/h2,33-34H,1H3;2H,1H2,(H,4,5). The number of alkyl halides is 20. The van der Waals surface area contributed by atoms with Crippen LogP contribution in [0.2, 0.25) is 0 Å². The predicted molar refractivity (Wildman–Crippen MR) is 81.2 cm³/mol. The third-order valence-corrected chi connectivity index (χ3v) is 4.23. The van der Waals surface area contributed by atoms with Crippen LogP contribution in [0.3, 0.4) is 0 Å². The number of hydrogen-bond donors (Lipinski definition) is 3. The van der Waals surface area contributed by atoms with E-state index in [0.717, 1.165) is 6.08 Å². The fourth-order valence-corrected chi connectivity index (χ4v) is 1.83. The molecule has 0 bridgehead atoms. The molecule has 3 N–H and O–H groups in total. The van der Waals surface area contributed by atoms with Gasteiger partial charge in [0.2, 0.25) is 6.29 Å². The number of carboxylic acids is 1. The first kappa shape index (κ1) is 38.9. The smallest absolute Gasteiger partial charge is 0.385 e. The van der Waals surface area contributed by atoms with Crippen LogP contribution in [0.5, 0.6) is 0 Å². The van der Waals surface area contributed by atoms with Crippen molar-refractivity contribution in [1.82, 2.24) is 0 Å². The predicted octanol–water partition coefficient (Wildman–Crippen LogP) is 5.93.